The van der Waals surface area contributed by atoms with Gasteiger partial charge in [0.15, 0.2) is 0 Å². The summed E-state index contributed by atoms with van der Waals surface area (Å²) in [7, 11) is 0. The van der Waals surface area contributed by atoms with Crippen LogP contribution >= 0.6 is 0 Å². The van der Waals surface area contributed by atoms with Crippen LogP contribution in [0.1, 0.15) is 38.3 Å². The number of hydrogen-bond acceptors (Lipinski definition) is 1. The predicted octanol–water partition coefficient (Wildman–Crippen LogP) is 3.27. The molecule has 1 unspecified atom stereocenters. The fourth-order valence-electron chi connectivity index (χ4n) is 2.26. The van der Waals surface area contributed by atoms with Gasteiger partial charge in [-0.1, -0.05) is 19.1 Å². The van der Waals surface area contributed by atoms with Crippen molar-refractivity contribution in [1.29, 1.82) is 0 Å². The first-order valence-corrected chi connectivity index (χ1v) is 5.66. The highest BCUT2D eigenvalue weighted by Gasteiger charge is 2.26. The molecule has 1 aliphatic rings. The lowest BCUT2D eigenvalue weighted by Gasteiger charge is -2.35. The SMILES string of the molecule is CC1CC(NC(C)c2cccc(F)c2)C1. The molecule has 1 aliphatic carbocycles. The van der Waals surface area contributed by atoms with E-state index in [0.29, 0.717) is 6.04 Å². The highest BCUT2D eigenvalue weighted by atomic mass is 19.1. The zero-order valence-electron chi connectivity index (χ0n) is 9.33. The Balaban J connectivity index is 1.93. The second-order valence-corrected chi connectivity index (χ2v) is 4.72. The molecular formula is C13H18FN. The second-order valence-electron chi connectivity index (χ2n) is 4.72. The van der Waals surface area contributed by atoms with Crippen LogP contribution in [0.4, 0.5) is 4.39 Å². The van der Waals surface area contributed by atoms with E-state index in [1.165, 1.54) is 18.9 Å². The van der Waals surface area contributed by atoms with E-state index in [1.807, 2.05) is 6.07 Å². The van der Waals surface area contributed by atoms with E-state index in [9.17, 15) is 4.39 Å². The predicted molar refractivity (Wildman–Crippen MR) is 60.1 cm³/mol. The van der Waals surface area contributed by atoms with E-state index in [-0.39, 0.29) is 11.9 Å². The van der Waals surface area contributed by atoms with Crippen molar-refractivity contribution in [2.24, 2.45) is 5.92 Å². The van der Waals surface area contributed by atoms with Crippen molar-refractivity contribution in [3.05, 3.63) is 35.6 Å². The fraction of sp³-hybridized carbons (Fsp3) is 0.538. The van der Waals surface area contributed by atoms with Crippen LogP contribution in [0.15, 0.2) is 24.3 Å². The molecule has 0 radical (unpaired) electrons. The average Bonchev–Trinajstić information content (AvgIpc) is 2.15. The molecule has 0 amide bonds. The molecule has 0 saturated heterocycles. The number of benzene rings is 1. The summed E-state index contributed by atoms with van der Waals surface area (Å²) in [5.41, 5.74) is 1.04. The van der Waals surface area contributed by atoms with Crippen LogP contribution in [-0.4, -0.2) is 6.04 Å². The van der Waals surface area contributed by atoms with Gasteiger partial charge >= 0.3 is 0 Å². The Hall–Kier alpha value is -0.890. The molecule has 82 valence electrons. The molecular weight excluding hydrogens is 189 g/mol. The van der Waals surface area contributed by atoms with Gasteiger partial charge in [0.2, 0.25) is 0 Å². The molecule has 1 N–H and O–H groups in total. The molecule has 1 saturated carbocycles. The largest absolute Gasteiger partial charge is 0.307 e. The lowest BCUT2D eigenvalue weighted by Crippen LogP contribution is -2.41. The van der Waals surface area contributed by atoms with Gasteiger partial charge in [0.05, 0.1) is 0 Å². The third-order valence-corrected chi connectivity index (χ3v) is 3.21. The molecule has 1 fully saturated rings. The molecule has 2 rings (SSSR count). The van der Waals surface area contributed by atoms with Crippen molar-refractivity contribution in [2.45, 2.75) is 38.8 Å². The summed E-state index contributed by atoms with van der Waals surface area (Å²) in [4.78, 5) is 0. The average molecular weight is 207 g/mol. The minimum atomic E-state index is -0.150. The Morgan fingerprint density at radius 1 is 1.40 bits per heavy atom. The first-order chi connectivity index (χ1) is 7.15. The monoisotopic (exact) mass is 207 g/mol. The fourth-order valence-corrected chi connectivity index (χ4v) is 2.26. The summed E-state index contributed by atoms with van der Waals surface area (Å²) in [5.74, 6) is 0.699. The van der Waals surface area contributed by atoms with Gasteiger partial charge in [-0.15, -0.1) is 0 Å². The molecule has 0 bridgehead atoms. The van der Waals surface area contributed by atoms with E-state index in [1.54, 1.807) is 12.1 Å². The molecule has 1 aromatic carbocycles. The van der Waals surface area contributed by atoms with Gasteiger partial charge in [-0.05, 0) is 43.4 Å². The lowest BCUT2D eigenvalue weighted by molar-refractivity contribution is 0.226. The third kappa shape index (κ3) is 2.57. The highest BCUT2D eigenvalue weighted by Crippen LogP contribution is 2.28. The number of halogens is 1. The first kappa shape index (κ1) is 10.6. The Kier molecular flexibility index (Phi) is 3.06. The maximum atomic E-state index is 13.0. The summed E-state index contributed by atoms with van der Waals surface area (Å²) >= 11 is 0. The third-order valence-electron chi connectivity index (χ3n) is 3.21. The van der Waals surface area contributed by atoms with Crippen LogP contribution in [0.3, 0.4) is 0 Å². The van der Waals surface area contributed by atoms with E-state index < -0.39 is 0 Å². The van der Waals surface area contributed by atoms with Crippen LogP contribution in [0.5, 0.6) is 0 Å². The quantitative estimate of drug-likeness (QED) is 0.802. The normalized spacial score (nSPS) is 27.1. The number of rotatable bonds is 3. The van der Waals surface area contributed by atoms with Crippen molar-refractivity contribution in [1.82, 2.24) is 5.32 Å². The molecule has 15 heavy (non-hydrogen) atoms. The van der Waals surface area contributed by atoms with E-state index in [2.05, 4.69) is 19.2 Å². The van der Waals surface area contributed by atoms with E-state index in [0.717, 1.165) is 11.5 Å². The summed E-state index contributed by atoms with van der Waals surface area (Å²) in [6.07, 6.45) is 2.50. The molecule has 0 aliphatic heterocycles. The molecule has 0 heterocycles. The van der Waals surface area contributed by atoms with Crippen LogP contribution in [0.25, 0.3) is 0 Å². The Labute approximate surface area is 90.7 Å². The zero-order valence-corrected chi connectivity index (χ0v) is 9.33. The van der Waals surface area contributed by atoms with Crippen molar-refractivity contribution in [2.75, 3.05) is 0 Å². The van der Waals surface area contributed by atoms with Crippen LogP contribution < -0.4 is 5.32 Å². The molecule has 1 nitrogen and oxygen atoms in total. The van der Waals surface area contributed by atoms with Gasteiger partial charge in [0.25, 0.3) is 0 Å². The van der Waals surface area contributed by atoms with E-state index in [4.69, 9.17) is 0 Å². The lowest BCUT2D eigenvalue weighted by atomic mass is 9.81. The highest BCUT2D eigenvalue weighted by molar-refractivity contribution is 5.19. The Morgan fingerprint density at radius 3 is 2.73 bits per heavy atom. The zero-order chi connectivity index (χ0) is 10.8. The summed E-state index contributed by atoms with van der Waals surface area (Å²) in [5, 5.41) is 3.52. The maximum Gasteiger partial charge on any atom is 0.123 e. The molecule has 0 aromatic heterocycles. The minimum absolute atomic E-state index is 0.150. The Bertz CT molecular complexity index is 331. The Morgan fingerprint density at radius 2 is 2.13 bits per heavy atom. The minimum Gasteiger partial charge on any atom is -0.307 e. The van der Waals surface area contributed by atoms with Gasteiger partial charge in [-0.25, -0.2) is 4.39 Å². The number of nitrogens with one attached hydrogen (secondary N) is 1. The molecule has 2 heteroatoms. The van der Waals surface area contributed by atoms with Crippen LogP contribution in [-0.2, 0) is 0 Å². The topological polar surface area (TPSA) is 12.0 Å². The smallest absolute Gasteiger partial charge is 0.123 e. The van der Waals surface area contributed by atoms with Crippen molar-refractivity contribution < 1.29 is 4.39 Å². The van der Waals surface area contributed by atoms with Gasteiger partial charge in [-0.2, -0.15) is 0 Å². The molecule has 0 spiro atoms. The summed E-state index contributed by atoms with van der Waals surface area (Å²) < 4.78 is 13.0. The van der Waals surface area contributed by atoms with Crippen molar-refractivity contribution >= 4 is 0 Å². The second kappa shape index (κ2) is 4.31. The first-order valence-electron chi connectivity index (χ1n) is 5.66. The van der Waals surface area contributed by atoms with Gasteiger partial charge in [0, 0.05) is 12.1 Å². The summed E-state index contributed by atoms with van der Waals surface area (Å²) in [6.45, 7) is 4.36. The van der Waals surface area contributed by atoms with Gasteiger partial charge < -0.3 is 5.32 Å². The van der Waals surface area contributed by atoms with Crippen LogP contribution in [0.2, 0.25) is 0 Å². The van der Waals surface area contributed by atoms with Crippen LogP contribution in [0, 0.1) is 11.7 Å². The van der Waals surface area contributed by atoms with Gasteiger partial charge in [-0.3, -0.25) is 0 Å². The molecule has 1 aromatic rings. The van der Waals surface area contributed by atoms with Gasteiger partial charge in [0.1, 0.15) is 5.82 Å². The standard InChI is InChI=1S/C13H18FN/c1-9-6-13(7-9)15-10(2)11-4-3-5-12(14)8-11/h3-5,8-10,13,15H,6-7H2,1-2H3. The van der Waals surface area contributed by atoms with E-state index >= 15 is 0 Å². The molecule has 1 atom stereocenters. The number of hydrogen-bond donors (Lipinski definition) is 1. The summed E-state index contributed by atoms with van der Waals surface area (Å²) in [6, 6.07) is 7.72. The van der Waals surface area contributed by atoms with Crippen molar-refractivity contribution in [3.8, 4) is 0 Å². The maximum absolute atomic E-state index is 13.0. The van der Waals surface area contributed by atoms with Crippen molar-refractivity contribution in [3.63, 3.8) is 0 Å².